The summed E-state index contributed by atoms with van der Waals surface area (Å²) in [6.45, 7) is 18.0. The van der Waals surface area contributed by atoms with E-state index in [2.05, 4.69) is 106 Å². The van der Waals surface area contributed by atoms with Gasteiger partial charge in [-0.2, -0.15) is 0 Å². The summed E-state index contributed by atoms with van der Waals surface area (Å²) in [5.74, 6) is 1.97. The van der Waals surface area contributed by atoms with Crippen molar-refractivity contribution in [3.63, 3.8) is 0 Å². The topological polar surface area (TPSA) is 133 Å². The number of fused-ring (bicyclic) bond motifs is 8. The minimum Gasteiger partial charge on any atom is -0.392 e. The number of ether oxygens (including phenoxy) is 2. The molecule has 9 aliphatic carbocycles. The second-order valence-corrected chi connectivity index (χ2v) is 32.7. The highest BCUT2D eigenvalue weighted by molar-refractivity contribution is 6.02. The smallest absolute Gasteiger partial charge is 0.160 e. The van der Waals surface area contributed by atoms with Crippen molar-refractivity contribution in [1.82, 2.24) is 14.5 Å². The summed E-state index contributed by atoms with van der Waals surface area (Å²) in [5, 5.41) is 27.1. The van der Waals surface area contributed by atoms with Crippen molar-refractivity contribution in [2.45, 2.75) is 275 Å². The quantitative estimate of drug-likeness (QED) is 0.130. The van der Waals surface area contributed by atoms with Gasteiger partial charge in [0.25, 0.3) is 0 Å². The fraction of sp³-hybridized carbons (Fsp3) is 0.730. The van der Waals surface area contributed by atoms with E-state index in [-0.39, 0.29) is 52.0 Å². The van der Waals surface area contributed by atoms with Crippen molar-refractivity contribution in [3.8, 4) is 0 Å². The SMILES string of the molecule is CC1(C)O[C@@H]1[C@H](O)C[C@]1(C)CCc2c[nH]c3c(Cc4cc(C5CCCCC5)cc([C@@H]5CCOC6(CCCCC6)C5)c4)cn(c23)C[C@@H]2C3=C1C(=O)C[C@]3(C)[C@@]1(C)CC[C@@H]3[C@](C)([C@H]1[C@@H]2O)[C@@]12CC[C@@H](C1)c1[nH]ccc1[C@@H]2C(=O)[C@@]3(C)C1CCCC1. The van der Waals surface area contributed by atoms with E-state index >= 15 is 9.59 Å². The van der Waals surface area contributed by atoms with Crippen LogP contribution in [0.15, 0.2) is 54.0 Å². The van der Waals surface area contributed by atoms with Crippen LogP contribution in [0.5, 0.6) is 0 Å². The van der Waals surface area contributed by atoms with E-state index in [4.69, 9.17) is 9.47 Å². The molecule has 83 heavy (non-hydrogen) atoms. The zero-order valence-electron chi connectivity index (χ0n) is 51.7. The molecular formula is C74H99N3O6. The molecule has 9 heteroatoms. The molecule has 0 amide bonds. The van der Waals surface area contributed by atoms with Gasteiger partial charge in [0.05, 0.1) is 40.4 Å². The Labute approximate surface area is 495 Å². The van der Waals surface area contributed by atoms with Crippen LogP contribution in [0.4, 0.5) is 0 Å². The maximum absolute atomic E-state index is 16.3. The molecule has 2 spiro atoms. The largest absolute Gasteiger partial charge is 0.392 e. The lowest BCUT2D eigenvalue weighted by Gasteiger charge is -2.76. The Morgan fingerprint density at radius 2 is 1.52 bits per heavy atom. The number of benzene rings is 1. The minimum atomic E-state index is -0.760. The molecule has 0 radical (unpaired) electrons. The molecule has 16 rings (SSSR count). The number of rotatable bonds is 8. The number of nitrogens with zero attached hydrogens (tertiary/aromatic N) is 1. The molecule has 1 aromatic carbocycles. The van der Waals surface area contributed by atoms with Gasteiger partial charge in [0.1, 0.15) is 11.9 Å². The number of ketones is 2. The number of epoxide rings is 1. The predicted molar refractivity (Wildman–Crippen MR) is 325 cm³/mol. The number of hydrogen-bond donors (Lipinski definition) is 4. The molecule has 12 aliphatic rings. The van der Waals surface area contributed by atoms with Crippen molar-refractivity contribution in [3.05, 3.63) is 93.1 Å². The molecule has 2 bridgehead atoms. The number of carbonyl (C=O) groups excluding carboxylic acids is 2. The van der Waals surface area contributed by atoms with Gasteiger partial charge < -0.3 is 34.2 Å². The molecule has 2 saturated heterocycles. The number of aliphatic hydroxyl groups excluding tert-OH is 2. The zero-order valence-corrected chi connectivity index (χ0v) is 51.7. The van der Waals surface area contributed by atoms with E-state index < -0.39 is 39.5 Å². The Bertz CT molecular complexity index is 3310. The Hall–Kier alpha value is -3.76. The molecule has 3 aliphatic heterocycles. The van der Waals surface area contributed by atoms with Crippen LogP contribution < -0.4 is 0 Å². The van der Waals surface area contributed by atoms with Crippen molar-refractivity contribution in [2.24, 2.45) is 56.2 Å². The Kier molecular flexibility index (Phi) is 12.3. The van der Waals surface area contributed by atoms with Crippen LogP contribution in [0.3, 0.4) is 0 Å². The third kappa shape index (κ3) is 7.50. The maximum Gasteiger partial charge on any atom is 0.160 e. The Morgan fingerprint density at radius 3 is 2.28 bits per heavy atom. The van der Waals surface area contributed by atoms with Crippen molar-refractivity contribution in [2.75, 3.05) is 6.61 Å². The standard InChI is InChI=1S/C74H99N3O6/c1-67(2)66(83-67)55(79)38-68(3)27-20-47-40-76-61-50(34-43-32-48(44-16-10-8-11-17-44)35-49(33-43)45-24-31-82-73(36-45)25-14-9-15-26-73)41-77(62(47)61)42-53-57-59(68)54(78)39-70(57,5)69(4)28-22-56-71(6,51-18-12-13-19-51)65(81)58-52-23-30-75-60(52)46-21-29-74(58,37-46)72(56,7)64(69)63(53)80/h23,30,32-33,35,40-41,44-46,51,53,55-56,58,63-64,66,75-76,79-80H,8-22,24-29,31,34,36-39,42H2,1-7H3/t45-,46+,53-,55-,56+,58-,63-,64+,66-,68+,69+,70+,71+,72-,74+/m1/s1. The van der Waals surface area contributed by atoms with Gasteiger partial charge in [-0.25, -0.2) is 0 Å². The third-order valence-electron chi connectivity index (χ3n) is 28.6. The molecule has 6 heterocycles. The third-order valence-corrected chi connectivity index (χ3v) is 28.6. The average molecular weight is 1130 g/mol. The van der Waals surface area contributed by atoms with Crippen LogP contribution in [-0.4, -0.2) is 72.4 Å². The van der Waals surface area contributed by atoms with Crippen molar-refractivity contribution in [1.29, 1.82) is 0 Å². The summed E-state index contributed by atoms with van der Waals surface area (Å²) < 4.78 is 15.5. The van der Waals surface area contributed by atoms with Crippen LogP contribution >= 0.6 is 0 Å². The number of aryl methyl sites for hydroxylation is 1. The number of H-pyrrole nitrogens is 2. The van der Waals surface area contributed by atoms with Crippen LogP contribution in [-0.2, 0) is 38.4 Å². The second kappa shape index (κ2) is 18.6. The van der Waals surface area contributed by atoms with E-state index in [1.807, 2.05) is 0 Å². The van der Waals surface area contributed by atoms with Crippen LogP contribution in [0.25, 0.3) is 11.0 Å². The first-order chi connectivity index (χ1) is 39.8. The summed E-state index contributed by atoms with van der Waals surface area (Å²) in [6.07, 6.45) is 32.7. The fourth-order valence-corrected chi connectivity index (χ4v) is 24.6. The lowest BCUT2D eigenvalue weighted by molar-refractivity contribution is -0.271. The highest BCUT2D eigenvalue weighted by Crippen LogP contribution is 2.84. The number of carbonyl (C=O) groups is 2. The van der Waals surface area contributed by atoms with Crippen LogP contribution in [0.2, 0.25) is 0 Å². The monoisotopic (exact) mass is 1130 g/mol. The fourth-order valence-electron chi connectivity index (χ4n) is 24.6. The van der Waals surface area contributed by atoms with Gasteiger partial charge in [0.15, 0.2) is 5.78 Å². The van der Waals surface area contributed by atoms with E-state index in [9.17, 15) is 10.2 Å². The van der Waals surface area contributed by atoms with Crippen LogP contribution in [0, 0.1) is 56.2 Å². The van der Waals surface area contributed by atoms with Crippen LogP contribution in [0.1, 0.15) is 265 Å². The number of aromatic nitrogens is 3. The average Bonchev–Trinajstić information content (AvgIpc) is 1.67. The second-order valence-electron chi connectivity index (χ2n) is 32.7. The lowest BCUT2D eigenvalue weighted by atomic mass is 9.27. The number of aliphatic hydroxyl groups is 2. The van der Waals surface area contributed by atoms with E-state index in [0.717, 1.165) is 82.8 Å². The van der Waals surface area contributed by atoms with Gasteiger partial charge in [0.2, 0.25) is 0 Å². The lowest BCUT2D eigenvalue weighted by Crippen LogP contribution is -2.74. The zero-order chi connectivity index (χ0) is 57.0. The van der Waals surface area contributed by atoms with Gasteiger partial charge >= 0.3 is 0 Å². The Morgan fingerprint density at radius 1 is 0.783 bits per heavy atom. The molecule has 3 aromatic heterocycles. The molecule has 7 saturated carbocycles. The molecule has 446 valence electrons. The van der Waals surface area contributed by atoms with E-state index in [1.165, 1.54) is 127 Å². The number of Topliss-reactive ketones (excluding diaryl/α,β-unsaturated/α-hetero) is 2. The van der Waals surface area contributed by atoms with Gasteiger partial charge in [-0.1, -0.05) is 104 Å². The molecule has 0 unspecified atom stereocenters. The molecule has 9 fully saturated rings. The minimum absolute atomic E-state index is 0.0337. The number of allylic oxidation sites excluding steroid dienone is 1. The maximum atomic E-state index is 16.3. The molecular weight excluding hydrogens is 1030 g/mol. The van der Waals surface area contributed by atoms with Gasteiger partial charge in [-0.05, 0) is 219 Å². The summed E-state index contributed by atoms with van der Waals surface area (Å²) in [5.41, 5.74) is 10.9. The first-order valence-electron chi connectivity index (χ1n) is 34.3. The number of aromatic amines is 2. The van der Waals surface area contributed by atoms with Gasteiger partial charge in [-0.15, -0.1) is 0 Å². The van der Waals surface area contributed by atoms with Crippen molar-refractivity contribution >= 4 is 22.6 Å². The molecule has 4 aromatic rings. The first-order valence-corrected chi connectivity index (χ1v) is 34.3. The predicted octanol–water partition coefficient (Wildman–Crippen LogP) is 15.5. The highest BCUT2D eigenvalue weighted by atomic mass is 16.6. The summed E-state index contributed by atoms with van der Waals surface area (Å²) in [4.78, 5) is 40.0. The Balaban J connectivity index is 0.857. The summed E-state index contributed by atoms with van der Waals surface area (Å²) in [6, 6.07) is 10.1. The molecule has 15 atom stereocenters. The summed E-state index contributed by atoms with van der Waals surface area (Å²) in [7, 11) is 0. The molecule has 9 nitrogen and oxygen atoms in total. The van der Waals surface area contributed by atoms with Gasteiger partial charge in [-0.3, -0.25) is 9.59 Å². The number of hydrogen-bond acceptors (Lipinski definition) is 6. The number of nitrogens with one attached hydrogen (secondary N) is 2. The van der Waals surface area contributed by atoms with E-state index in [0.29, 0.717) is 55.3 Å². The van der Waals surface area contributed by atoms with E-state index in [1.54, 1.807) is 5.56 Å². The normalized spacial score (nSPS) is 42.1. The highest BCUT2D eigenvalue weighted by Gasteiger charge is 2.81. The first kappa shape index (κ1) is 54.6. The van der Waals surface area contributed by atoms with Gasteiger partial charge in [0, 0.05) is 72.6 Å². The molecule has 4 N–H and O–H groups in total. The van der Waals surface area contributed by atoms with Crippen molar-refractivity contribution < 1.29 is 29.3 Å². The summed E-state index contributed by atoms with van der Waals surface area (Å²) >= 11 is 0.